The van der Waals surface area contributed by atoms with Crippen LogP contribution in [0.1, 0.15) is 30.5 Å². The molecule has 3 aromatic heterocycles. The Morgan fingerprint density at radius 2 is 1.30 bits per heavy atom. The Morgan fingerprint density at radius 1 is 0.649 bits per heavy atom. The van der Waals surface area contributed by atoms with Crippen molar-refractivity contribution in [1.29, 1.82) is 0 Å². The van der Waals surface area contributed by atoms with Gasteiger partial charge in [-0.25, -0.2) is 4.98 Å². The molecule has 0 fully saturated rings. The van der Waals surface area contributed by atoms with Crippen LogP contribution in [0.15, 0.2) is 164 Å². The van der Waals surface area contributed by atoms with Crippen LogP contribution in [0.5, 0.6) is 11.5 Å². The molecule has 3 heterocycles. The van der Waals surface area contributed by atoms with E-state index < -0.39 is 60.4 Å². The first kappa shape index (κ1) is 26.3. The van der Waals surface area contributed by atoms with E-state index in [1.165, 1.54) is 0 Å². The molecular weight excluding hydrogens is 880 g/mol. The summed E-state index contributed by atoms with van der Waals surface area (Å²) in [6.07, 6.45) is 3.39. The summed E-state index contributed by atoms with van der Waals surface area (Å²) < 4.78 is 98.6. The van der Waals surface area contributed by atoms with Crippen LogP contribution in [0.25, 0.3) is 72.3 Å². The molecule has 7 aromatic carbocycles. The zero-order valence-corrected chi connectivity index (χ0v) is 33.1. The van der Waals surface area contributed by atoms with Crippen molar-refractivity contribution in [3.8, 4) is 50.9 Å². The number of ether oxygens (including phenoxy) is 1. The second-order valence-electron chi connectivity index (χ2n) is 13.4. The quantitative estimate of drug-likeness (QED) is 0.118. The average molecular weight is 926 g/mol. The standard InChI is InChI=1S/C51H36N4O.Pt/c1-34-30-35(2)52-51(36(34)3)55-46-25-11-10-22-44(46)45-29-28-41(32-49(45)55)56-40-21-14-20-39(31-40)53-33-54(48-27-13-12-26-47(48)53)50-42(37-16-6-4-7-17-37)23-15-24-43(50)38-18-8-5-9-19-38;/h4-30H,1-3H3;/q-2;/i4D,5D,6D,7D,8D,9D,16D,17D,18D,19D;. The van der Waals surface area contributed by atoms with E-state index in [0.717, 1.165) is 44.4 Å². The smallest absolute Gasteiger partial charge is 0.268 e. The fourth-order valence-corrected chi connectivity index (χ4v) is 7.36. The molecular formula is C51H36N4OPt-2. The molecule has 0 aliphatic heterocycles. The minimum atomic E-state index is -0.570. The maximum atomic E-state index is 8.98. The summed E-state index contributed by atoms with van der Waals surface area (Å²) in [6, 6.07) is 33.2. The summed E-state index contributed by atoms with van der Waals surface area (Å²) in [5, 5.41) is 2.04. The van der Waals surface area contributed by atoms with Gasteiger partial charge in [-0.05, 0) is 77.4 Å². The van der Waals surface area contributed by atoms with Gasteiger partial charge in [0.1, 0.15) is 5.82 Å². The van der Waals surface area contributed by atoms with E-state index in [2.05, 4.69) is 55.1 Å². The van der Waals surface area contributed by atoms with Crippen molar-refractivity contribution < 1.29 is 44.1 Å². The molecule has 278 valence electrons. The minimum Gasteiger partial charge on any atom is -0.510 e. The second-order valence-corrected chi connectivity index (χ2v) is 13.4. The van der Waals surface area contributed by atoms with E-state index in [0.29, 0.717) is 28.2 Å². The summed E-state index contributed by atoms with van der Waals surface area (Å²) in [5.74, 6) is 1.62. The largest absolute Gasteiger partial charge is 0.510 e. The normalized spacial score (nSPS) is 13.7. The van der Waals surface area contributed by atoms with Crippen molar-refractivity contribution in [3.05, 3.63) is 199 Å². The number of pyridine rings is 1. The predicted octanol–water partition coefficient (Wildman–Crippen LogP) is 11.8. The third-order valence-corrected chi connectivity index (χ3v) is 9.98. The molecule has 6 heteroatoms. The third-order valence-electron chi connectivity index (χ3n) is 9.98. The van der Waals surface area contributed by atoms with Crippen molar-refractivity contribution in [2.24, 2.45) is 0 Å². The van der Waals surface area contributed by atoms with Crippen LogP contribution in [0.4, 0.5) is 0 Å². The van der Waals surface area contributed by atoms with Crippen LogP contribution < -0.4 is 9.30 Å². The molecule has 0 aliphatic carbocycles. The summed E-state index contributed by atoms with van der Waals surface area (Å²) in [5.41, 5.74) is 6.69. The number of hydrogen-bond donors (Lipinski definition) is 0. The van der Waals surface area contributed by atoms with Crippen molar-refractivity contribution >= 4 is 32.8 Å². The maximum absolute atomic E-state index is 8.98. The molecule has 0 saturated carbocycles. The van der Waals surface area contributed by atoms with Gasteiger partial charge < -0.3 is 13.9 Å². The first-order chi connectivity index (χ1) is 31.7. The van der Waals surface area contributed by atoms with Gasteiger partial charge in [-0.2, -0.15) is 18.2 Å². The number of aryl methyl sites for hydroxylation is 2. The van der Waals surface area contributed by atoms with Gasteiger partial charge in [0.2, 0.25) is 0 Å². The van der Waals surface area contributed by atoms with Crippen molar-refractivity contribution in [2.75, 3.05) is 0 Å². The number of aromatic nitrogens is 4. The number of rotatable bonds is 7. The van der Waals surface area contributed by atoms with Crippen molar-refractivity contribution in [1.82, 2.24) is 14.1 Å². The molecule has 0 spiro atoms. The van der Waals surface area contributed by atoms with Crippen LogP contribution >= 0.6 is 0 Å². The zero-order valence-electron chi connectivity index (χ0n) is 40.8. The molecule has 0 aliphatic rings. The third kappa shape index (κ3) is 6.35. The van der Waals surface area contributed by atoms with Crippen molar-refractivity contribution in [3.63, 3.8) is 0 Å². The number of benzene rings is 7. The molecule has 57 heavy (non-hydrogen) atoms. The molecule has 0 unspecified atom stereocenters. The monoisotopic (exact) mass is 925 g/mol. The Hall–Kier alpha value is -6.55. The fourth-order valence-electron chi connectivity index (χ4n) is 7.36. The second kappa shape index (κ2) is 14.8. The number of para-hydroxylation sites is 4. The first-order valence-electron chi connectivity index (χ1n) is 23.0. The minimum absolute atomic E-state index is 0. The van der Waals surface area contributed by atoms with Gasteiger partial charge in [0, 0.05) is 43.8 Å². The molecule has 0 amide bonds. The average Bonchev–Trinajstić information content (AvgIpc) is 3.86. The predicted molar refractivity (Wildman–Crippen MR) is 225 cm³/mol. The van der Waals surface area contributed by atoms with E-state index in [4.69, 9.17) is 23.4 Å². The summed E-state index contributed by atoms with van der Waals surface area (Å²) >= 11 is 0. The van der Waals surface area contributed by atoms with Crippen LogP contribution in [-0.4, -0.2) is 14.1 Å². The Kier molecular flexibility index (Phi) is 6.85. The Labute approximate surface area is 360 Å². The van der Waals surface area contributed by atoms with Crippen LogP contribution in [0, 0.1) is 39.2 Å². The molecule has 0 N–H and O–H groups in total. The van der Waals surface area contributed by atoms with E-state index in [-0.39, 0.29) is 49.0 Å². The molecule has 10 aromatic rings. The summed E-state index contributed by atoms with van der Waals surface area (Å²) in [6.45, 7) is 6.12. The number of imidazole rings is 1. The van der Waals surface area contributed by atoms with E-state index in [1.807, 2.05) is 61.5 Å². The summed E-state index contributed by atoms with van der Waals surface area (Å²) in [4.78, 5) is 4.97. The number of nitrogens with zero attached hydrogens (tertiary/aromatic N) is 4. The van der Waals surface area contributed by atoms with Gasteiger partial charge in [0.15, 0.2) is 0 Å². The van der Waals surface area contributed by atoms with E-state index in [9.17, 15) is 0 Å². The van der Waals surface area contributed by atoms with E-state index >= 15 is 0 Å². The Morgan fingerprint density at radius 3 is 2.04 bits per heavy atom. The molecule has 10 rings (SSSR count). The maximum Gasteiger partial charge on any atom is 0.268 e. The van der Waals surface area contributed by atoms with Gasteiger partial charge in [-0.15, -0.1) is 29.7 Å². The Bertz CT molecular complexity index is 3550. The number of hydrogen-bond acceptors (Lipinski definition) is 2. The topological polar surface area (TPSA) is 35.9 Å². The van der Waals surface area contributed by atoms with Gasteiger partial charge in [-0.1, -0.05) is 127 Å². The van der Waals surface area contributed by atoms with E-state index in [1.54, 1.807) is 39.5 Å². The first-order valence-corrected chi connectivity index (χ1v) is 18.0. The Balaban J connectivity index is 0.00000562. The van der Waals surface area contributed by atoms with Gasteiger partial charge in [-0.3, -0.25) is 4.57 Å². The molecule has 0 radical (unpaired) electrons. The van der Waals surface area contributed by atoms with Crippen LogP contribution in [0.3, 0.4) is 0 Å². The van der Waals surface area contributed by atoms with Gasteiger partial charge >= 0.3 is 0 Å². The summed E-state index contributed by atoms with van der Waals surface area (Å²) in [7, 11) is 0. The molecule has 0 saturated heterocycles. The van der Waals surface area contributed by atoms with Crippen molar-refractivity contribution in [2.45, 2.75) is 20.8 Å². The molecule has 0 bridgehead atoms. The van der Waals surface area contributed by atoms with Crippen LogP contribution in [0.2, 0.25) is 0 Å². The SMILES string of the molecule is [2H]c1c([2H])c([2H])c(-c2cccc(-c3c([2H])c([2H])c([2H])c([2H])c3[2H])c2-[n+]2[c-]n(-c3[c-]c(Oc4[c-]c5c(cc4)c4ccccc4n5-c4nc(C)cc(C)c4C)ccc3)c3ccccc32)c([2H])c1[2H].[Pt]. The fraction of sp³-hybridized carbons (Fsp3) is 0.0588. The van der Waals surface area contributed by atoms with Crippen LogP contribution in [-0.2, 0) is 21.1 Å². The number of fused-ring (bicyclic) bond motifs is 4. The van der Waals surface area contributed by atoms with Gasteiger partial charge in [0.25, 0.3) is 6.33 Å². The molecule has 0 atom stereocenters. The zero-order chi connectivity index (χ0) is 46.5. The van der Waals surface area contributed by atoms with Gasteiger partial charge in [0.05, 0.1) is 30.4 Å². The molecule has 5 nitrogen and oxygen atoms in total.